The van der Waals surface area contributed by atoms with Crippen LogP contribution in [-0.4, -0.2) is 56.1 Å². The Labute approximate surface area is 168 Å². The number of pyridine rings is 1. The van der Waals surface area contributed by atoms with Crippen molar-refractivity contribution in [2.45, 2.75) is 18.9 Å². The minimum absolute atomic E-state index is 0.0368. The van der Waals surface area contributed by atoms with Gasteiger partial charge >= 0.3 is 0 Å². The van der Waals surface area contributed by atoms with Crippen LogP contribution in [-0.2, 0) is 0 Å². The highest BCUT2D eigenvalue weighted by atomic mass is 32.1. The van der Waals surface area contributed by atoms with Crippen molar-refractivity contribution >= 4 is 29.0 Å². The fraction of sp³-hybridized carbons (Fsp3) is 0.421. The van der Waals surface area contributed by atoms with Crippen LogP contribution < -0.4 is 20.9 Å². The summed E-state index contributed by atoms with van der Waals surface area (Å²) in [6, 6.07) is 6.88. The van der Waals surface area contributed by atoms with Gasteiger partial charge in [-0.1, -0.05) is 6.07 Å². The molecule has 2 aromatic heterocycles. The molecule has 0 radical (unpaired) electrons. The van der Waals surface area contributed by atoms with E-state index in [0.717, 1.165) is 24.3 Å². The predicted molar refractivity (Wildman–Crippen MR) is 111 cm³/mol. The van der Waals surface area contributed by atoms with E-state index in [1.54, 1.807) is 19.3 Å². The fourth-order valence-corrected chi connectivity index (χ4v) is 3.70. The molecule has 0 saturated carbocycles. The van der Waals surface area contributed by atoms with Crippen molar-refractivity contribution in [3.63, 3.8) is 0 Å². The molecule has 3 heterocycles. The number of rotatable bonds is 7. The summed E-state index contributed by atoms with van der Waals surface area (Å²) < 4.78 is 13.9. The SMILES string of the molecule is CN=C(NCCCNC(=O)c1cccs1)NC1CCN(c2ncccc2F)C1. The largest absolute Gasteiger partial charge is 0.356 e. The van der Waals surface area contributed by atoms with Crippen molar-refractivity contribution in [3.8, 4) is 0 Å². The number of hydrogen-bond acceptors (Lipinski definition) is 5. The summed E-state index contributed by atoms with van der Waals surface area (Å²) in [6.45, 7) is 2.70. The van der Waals surface area contributed by atoms with E-state index in [-0.39, 0.29) is 17.8 Å². The van der Waals surface area contributed by atoms with Gasteiger partial charge in [-0.05, 0) is 36.4 Å². The maximum absolute atomic E-state index is 13.9. The first-order valence-corrected chi connectivity index (χ1v) is 10.2. The summed E-state index contributed by atoms with van der Waals surface area (Å²) in [5, 5.41) is 11.4. The third kappa shape index (κ3) is 5.41. The standard InChI is InChI=1S/C19H25FN6OS/c1-21-19(24-10-4-9-23-18(27)16-6-3-12-28-16)25-14-7-11-26(13-14)17-15(20)5-2-8-22-17/h2-3,5-6,8,12,14H,4,7,9-11,13H2,1H3,(H,23,27)(H2,21,24,25). The highest BCUT2D eigenvalue weighted by Crippen LogP contribution is 2.20. The van der Waals surface area contributed by atoms with Gasteiger partial charge in [-0.15, -0.1) is 11.3 Å². The molecule has 1 fully saturated rings. The zero-order valence-corrected chi connectivity index (χ0v) is 16.6. The second-order valence-electron chi connectivity index (χ2n) is 6.47. The topological polar surface area (TPSA) is 81.6 Å². The van der Waals surface area contributed by atoms with Gasteiger partial charge in [0.1, 0.15) is 0 Å². The molecule has 1 aliphatic rings. The second kappa shape index (κ2) is 10.0. The Bertz CT molecular complexity index is 797. The van der Waals surface area contributed by atoms with Crippen LogP contribution in [0.5, 0.6) is 0 Å². The predicted octanol–water partition coefficient (Wildman–Crippen LogP) is 1.85. The lowest BCUT2D eigenvalue weighted by molar-refractivity contribution is 0.0957. The number of carbonyl (C=O) groups excluding carboxylic acids is 1. The number of nitrogens with zero attached hydrogens (tertiary/aromatic N) is 3. The van der Waals surface area contributed by atoms with Crippen LogP contribution in [0, 0.1) is 5.82 Å². The Kier molecular flexibility index (Phi) is 7.18. The van der Waals surface area contributed by atoms with Crippen LogP contribution in [0.15, 0.2) is 40.8 Å². The summed E-state index contributed by atoms with van der Waals surface area (Å²) in [6.07, 6.45) is 3.28. The highest BCUT2D eigenvalue weighted by Gasteiger charge is 2.25. The molecule has 0 aliphatic carbocycles. The molecular weight excluding hydrogens is 379 g/mol. The molecule has 1 amide bonds. The number of guanidine groups is 1. The minimum atomic E-state index is -0.296. The van der Waals surface area contributed by atoms with Crippen LogP contribution in [0.4, 0.5) is 10.2 Å². The number of aliphatic imine (C=N–C) groups is 1. The van der Waals surface area contributed by atoms with Gasteiger partial charge in [-0.25, -0.2) is 9.37 Å². The summed E-state index contributed by atoms with van der Waals surface area (Å²) >= 11 is 1.43. The van der Waals surface area contributed by atoms with Crippen molar-refractivity contribution < 1.29 is 9.18 Å². The number of thiophene rings is 1. The van der Waals surface area contributed by atoms with Crippen LogP contribution in [0.25, 0.3) is 0 Å². The van der Waals surface area contributed by atoms with E-state index in [1.165, 1.54) is 17.4 Å². The van der Waals surface area contributed by atoms with Gasteiger partial charge in [0, 0.05) is 45.5 Å². The van der Waals surface area contributed by atoms with Crippen molar-refractivity contribution in [1.82, 2.24) is 20.9 Å². The third-order valence-electron chi connectivity index (χ3n) is 4.47. The molecule has 2 aromatic rings. The number of nitrogens with one attached hydrogen (secondary N) is 3. The first-order valence-electron chi connectivity index (χ1n) is 9.31. The number of hydrogen-bond donors (Lipinski definition) is 3. The molecule has 28 heavy (non-hydrogen) atoms. The lowest BCUT2D eigenvalue weighted by atomic mass is 10.3. The lowest BCUT2D eigenvalue weighted by Gasteiger charge is -2.20. The highest BCUT2D eigenvalue weighted by molar-refractivity contribution is 7.12. The summed E-state index contributed by atoms with van der Waals surface area (Å²) in [4.78, 5) is 22.9. The molecule has 0 spiro atoms. The third-order valence-corrected chi connectivity index (χ3v) is 5.34. The number of amides is 1. The number of carbonyl (C=O) groups is 1. The molecule has 1 saturated heterocycles. The first kappa shape index (κ1) is 20.1. The molecule has 1 unspecified atom stereocenters. The van der Waals surface area contributed by atoms with E-state index in [9.17, 15) is 9.18 Å². The van der Waals surface area contributed by atoms with E-state index in [0.29, 0.717) is 31.4 Å². The molecule has 150 valence electrons. The van der Waals surface area contributed by atoms with E-state index in [4.69, 9.17) is 0 Å². The Morgan fingerprint density at radius 1 is 1.36 bits per heavy atom. The molecule has 0 bridgehead atoms. The average Bonchev–Trinajstić information content (AvgIpc) is 3.39. The van der Waals surface area contributed by atoms with Gasteiger partial charge in [-0.3, -0.25) is 9.79 Å². The maximum atomic E-state index is 13.9. The maximum Gasteiger partial charge on any atom is 0.261 e. The zero-order valence-electron chi connectivity index (χ0n) is 15.8. The van der Waals surface area contributed by atoms with Crippen LogP contribution in [0.3, 0.4) is 0 Å². The van der Waals surface area contributed by atoms with Gasteiger partial charge in [0.25, 0.3) is 5.91 Å². The normalized spacial score (nSPS) is 16.9. The minimum Gasteiger partial charge on any atom is -0.356 e. The molecule has 3 rings (SSSR count). The Hall–Kier alpha value is -2.68. The van der Waals surface area contributed by atoms with E-state index in [1.807, 2.05) is 22.4 Å². The quantitative estimate of drug-likeness (QED) is 0.373. The number of halogens is 1. The Morgan fingerprint density at radius 2 is 2.21 bits per heavy atom. The second-order valence-corrected chi connectivity index (χ2v) is 7.42. The van der Waals surface area contributed by atoms with Gasteiger partial charge < -0.3 is 20.9 Å². The van der Waals surface area contributed by atoms with Gasteiger partial charge in [0.2, 0.25) is 0 Å². The van der Waals surface area contributed by atoms with Crippen LogP contribution >= 0.6 is 11.3 Å². The number of aromatic nitrogens is 1. The smallest absolute Gasteiger partial charge is 0.261 e. The average molecular weight is 405 g/mol. The van der Waals surface area contributed by atoms with Crippen molar-refractivity contribution in [3.05, 3.63) is 46.5 Å². The summed E-state index contributed by atoms with van der Waals surface area (Å²) in [5.41, 5.74) is 0. The number of anilines is 1. The van der Waals surface area contributed by atoms with Crippen molar-refractivity contribution in [2.24, 2.45) is 4.99 Å². The van der Waals surface area contributed by atoms with E-state index >= 15 is 0 Å². The van der Waals surface area contributed by atoms with E-state index < -0.39 is 0 Å². The Morgan fingerprint density at radius 3 is 2.96 bits per heavy atom. The fourth-order valence-electron chi connectivity index (χ4n) is 3.06. The molecular formula is C19H25FN6OS. The van der Waals surface area contributed by atoms with Gasteiger partial charge in [-0.2, -0.15) is 0 Å². The zero-order chi connectivity index (χ0) is 19.8. The monoisotopic (exact) mass is 404 g/mol. The van der Waals surface area contributed by atoms with Crippen LogP contribution in [0.1, 0.15) is 22.5 Å². The Balaban J connectivity index is 1.36. The summed E-state index contributed by atoms with van der Waals surface area (Å²) in [7, 11) is 1.72. The lowest BCUT2D eigenvalue weighted by Crippen LogP contribution is -2.45. The molecule has 9 heteroatoms. The van der Waals surface area contributed by atoms with Gasteiger partial charge in [0.15, 0.2) is 17.6 Å². The van der Waals surface area contributed by atoms with Crippen molar-refractivity contribution in [1.29, 1.82) is 0 Å². The van der Waals surface area contributed by atoms with E-state index in [2.05, 4.69) is 25.9 Å². The first-order chi connectivity index (χ1) is 13.7. The molecule has 3 N–H and O–H groups in total. The van der Waals surface area contributed by atoms with Gasteiger partial charge in [0.05, 0.1) is 4.88 Å². The molecule has 1 aliphatic heterocycles. The molecule has 1 atom stereocenters. The molecule has 0 aromatic carbocycles. The summed E-state index contributed by atoms with van der Waals surface area (Å²) in [5.74, 6) is 0.773. The molecule has 7 nitrogen and oxygen atoms in total. The van der Waals surface area contributed by atoms with Crippen molar-refractivity contribution in [2.75, 3.05) is 38.1 Å². The van der Waals surface area contributed by atoms with Crippen LogP contribution in [0.2, 0.25) is 0 Å².